The van der Waals surface area contributed by atoms with E-state index in [-0.39, 0.29) is 23.1 Å². The molecule has 1 aromatic rings. The number of rotatable bonds is 2. The Bertz CT molecular complexity index is 493. The monoisotopic (exact) mass is 279 g/mol. The van der Waals surface area contributed by atoms with Crippen molar-refractivity contribution in [1.29, 1.82) is 0 Å². The topological polar surface area (TPSA) is 49.3 Å². The normalized spacial score (nSPS) is 22.5. The number of hydrogen-bond acceptors (Lipinski definition) is 3. The van der Waals surface area contributed by atoms with Gasteiger partial charge in [0.05, 0.1) is 6.42 Å². The van der Waals surface area contributed by atoms with Gasteiger partial charge in [0.1, 0.15) is 0 Å². The number of hydrogen-bond donors (Lipinski definition) is 2. The summed E-state index contributed by atoms with van der Waals surface area (Å²) in [5.41, 5.74) is 2.51. The molecule has 2 rings (SSSR count). The van der Waals surface area contributed by atoms with Crippen molar-refractivity contribution in [2.45, 2.75) is 55.7 Å². The lowest BCUT2D eigenvalue weighted by atomic mass is 9.87. The lowest BCUT2D eigenvalue weighted by Gasteiger charge is -2.32. The quantitative estimate of drug-likeness (QED) is 0.866. The minimum Gasteiger partial charge on any atom is -0.481 e. The minimum absolute atomic E-state index is 0.0835. The van der Waals surface area contributed by atoms with Crippen LogP contribution in [0, 0.1) is 0 Å². The largest absolute Gasteiger partial charge is 0.481 e. The van der Waals surface area contributed by atoms with Crippen LogP contribution in [0.5, 0.6) is 0 Å². The van der Waals surface area contributed by atoms with Crippen LogP contribution in [0.15, 0.2) is 23.1 Å². The van der Waals surface area contributed by atoms with Gasteiger partial charge in [0.25, 0.3) is 0 Å². The van der Waals surface area contributed by atoms with E-state index >= 15 is 0 Å². The predicted molar refractivity (Wildman–Crippen MR) is 80.1 cm³/mol. The Morgan fingerprint density at radius 2 is 2.11 bits per heavy atom. The molecule has 1 aliphatic rings. The number of benzene rings is 1. The first-order valence-corrected chi connectivity index (χ1v) is 7.45. The van der Waals surface area contributed by atoms with Gasteiger partial charge in [0.2, 0.25) is 0 Å². The Balaban J connectivity index is 2.28. The fraction of sp³-hybridized carbons (Fsp3) is 0.533. The van der Waals surface area contributed by atoms with Crippen LogP contribution >= 0.6 is 11.8 Å². The van der Waals surface area contributed by atoms with Crippen molar-refractivity contribution in [1.82, 2.24) is 0 Å². The molecule has 3 nitrogen and oxygen atoms in total. The second kappa shape index (κ2) is 5.08. The van der Waals surface area contributed by atoms with E-state index in [0.717, 1.165) is 10.6 Å². The van der Waals surface area contributed by atoms with Crippen LogP contribution in [0.25, 0.3) is 0 Å². The van der Waals surface area contributed by atoms with Crippen LogP contribution in [-0.4, -0.2) is 22.4 Å². The number of carboxylic acid groups (broad SMARTS) is 1. The predicted octanol–water partition coefficient (Wildman–Crippen LogP) is 3.73. The Morgan fingerprint density at radius 1 is 1.42 bits per heavy atom. The smallest absolute Gasteiger partial charge is 0.304 e. The first-order valence-electron chi connectivity index (χ1n) is 6.57. The average Bonchev–Trinajstić information content (AvgIpc) is 2.27. The Hall–Kier alpha value is -1.16. The summed E-state index contributed by atoms with van der Waals surface area (Å²) >= 11 is 1.68. The lowest BCUT2D eigenvalue weighted by Crippen LogP contribution is -2.33. The number of aliphatic carboxylic acids is 1. The maximum atomic E-state index is 10.9. The van der Waals surface area contributed by atoms with Crippen LogP contribution in [0.1, 0.15) is 39.7 Å². The van der Waals surface area contributed by atoms with Gasteiger partial charge in [-0.25, -0.2) is 0 Å². The zero-order valence-corrected chi connectivity index (χ0v) is 12.7. The third kappa shape index (κ3) is 3.24. The van der Waals surface area contributed by atoms with Gasteiger partial charge >= 0.3 is 5.97 Å². The zero-order chi connectivity index (χ0) is 14.2. The molecular formula is C15H21NO2S. The first kappa shape index (κ1) is 14.3. The standard InChI is InChI=1S/C15H21NO2S/c1-9-12(8-14(17)18)19-13-7-10(15(2,3)4)5-6-11(13)16-9/h5-7,9,12,16H,8H2,1-4H3,(H,17,18). The molecular weight excluding hydrogens is 258 g/mol. The van der Waals surface area contributed by atoms with Crippen molar-refractivity contribution in [3.63, 3.8) is 0 Å². The van der Waals surface area contributed by atoms with Crippen molar-refractivity contribution in [2.75, 3.05) is 5.32 Å². The van der Waals surface area contributed by atoms with Gasteiger partial charge < -0.3 is 10.4 Å². The lowest BCUT2D eigenvalue weighted by molar-refractivity contribution is -0.137. The molecule has 1 heterocycles. The Labute approximate surface area is 118 Å². The van der Waals surface area contributed by atoms with Gasteiger partial charge in [0.15, 0.2) is 0 Å². The van der Waals surface area contributed by atoms with E-state index in [4.69, 9.17) is 5.11 Å². The molecule has 1 aromatic carbocycles. The van der Waals surface area contributed by atoms with E-state index in [0.29, 0.717) is 0 Å². The fourth-order valence-electron chi connectivity index (χ4n) is 2.20. The minimum atomic E-state index is -0.735. The third-order valence-corrected chi connectivity index (χ3v) is 4.91. The first-order chi connectivity index (χ1) is 8.77. The number of thioether (sulfide) groups is 1. The van der Waals surface area contributed by atoms with E-state index < -0.39 is 5.97 Å². The molecule has 1 aliphatic heterocycles. The van der Waals surface area contributed by atoms with Crippen molar-refractivity contribution in [2.24, 2.45) is 0 Å². The van der Waals surface area contributed by atoms with Crippen molar-refractivity contribution >= 4 is 23.4 Å². The Kier molecular flexibility index (Phi) is 3.81. The van der Waals surface area contributed by atoms with Gasteiger partial charge in [-0.05, 0) is 30.0 Å². The van der Waals surface area contributed by atoms with Crippen LogP contribution < -0.4 is 5.32 Å². The summed E-state index contributed by atoms with van der Waals surface area (Å²) in [7, 11) is 0. The maximum absolute atomic E-state index is 10.9. The van der Waals surface area contributed by atoms with Gasteiger partial charge in [-0.1, -0.05) is 26.8 Å². The molecule has 0 amide bonds. The highest BCUT2D eigenvalue weighted by Crippen LogP contribution is 2.41. The summed E-state index contributed by atoms with van der Waals surface area (Å²) < 4.78 is 0. The third-order valence-electron chi connectivity index (χ3n) is 3.44. The molecule has 2 atom stereocenters. The number of carbonyl (C=O) groups is 1. The van der Waals surface area contributed by atoms with Crippen molar-refractivity contribution in [3.05, 3.63) is 23.8 Å². The van der Waals surface area contributed by atoms with Crippen molar-refractivity contribution in [3.8, 4) is 0 Å². The van der Waals surface area contributed by atoms with E-state index in [1.54, 1.807) is 11.8 Å². The van der Waals surface area contributed by atoms with E-state index in [9.17, 15) is 4.79 Å². The average molecular weight is 279 g/mol. The molecule has 0 fully saturated rings. The van der Waals surface area contributed by atoms with E-state index in [1.807, 2.05) is 6.92 Å². The summed E-state index contributed by atoms with van der Waals surface area (Å²) in [4.78, 5) is 12.1. The van der Waals surface area contributed by atoms with Crippen LogP contribution in [-0.2, 0) is 10.2 Å². The molecule has 104 valence electrons. The molecule has 0 bridgehead atoms. The van der Waals surface area contributed by atoms with Gasteiger partial charge in [-0.3, -0.25) is 4.79 Å². The van der Waals surface area contributed by atoms with Crippen LogP contribution in [0.3, 0.4) is 0 Å². The molecule has 4 heteroatoms. The summed E-state index contributed by atoms with van der Waals surface area (Å²) in [6, 6.07) is 6.62. The van der Waals surface area contributed by atoms with Crippen LogP contribution in [0.2, 0.25) is 0 Å². The highest BCUT2D eigenvalue weighted by atomic mass is 32.2. The maximum Gasteiger partial charge on any atom is 0.304 e. The fourth-order valence-corrected chi connectivity index (χ4v) is 3.47. The van der Waals surface area contributed by atoms with Crippen molar-refractivity contribution < 1.29 is 9.90 Å². The summed E-state index contributed by atoms with van der Waals surface area (Å²) in [6.45, 7) is 8.61. The molecule has 19 heavy (non-hydrogen) atoms. The van der Waals surface area contributed by atoms with E-state index in [2.05, 4.69) is 44.3 Å². The molecule has 0 radical (unpaired) electrons. The van der Waals surface area contributed by atoms with Gasteiger partial charge in [-0.2, -0.15) is 0 Å². The molecule has 2 N–H and O–H groups in total. The molecule has 0 aromatic heterocycles. The second-order valence-electron chi connectivity index (χ2n) is 6.15. The van der Waals surface area contributed by atoms with Gasteiger partial charge in [0, 0.05) is 21.9 Å². The SMILES string of the molecule is CC1Nc2ccc(C(C)(C)C)cc2SC1CC(=O)O. The number of nitrogens with one attached hydrogen (secondary N) is 1. The number of anilines is 1. The van der Waals surface area contributed by atoms with E-state index in [1.165, 1.54) is 5.56 Å². The number of fused-ring (bicyclic) bond motifs is 1. The summed E-state index contributed by atoms with van der Waals surface area (Å²) in [5.74, 6) is -0.735. The summed E-state index contributed by atoms with van der Waals surface area (Å²) in [6.07, 6.45) is 0.192. The highest BCUT2D eigenvalue weighted by molar-refractivity contribution is 8.00. The number of carboxylic acids is 1. The van der Waals surface area contributed by atoms with Crippen LogP contribution in [0.4, 0.5) is 5.69 Å². The Morgan fingerprint density at radius 3 is 2.68 bits per heavy atom. The molecule has 2 unspecified atom stereocenters. The van der Waals surface area contributed by atoms with Gasteiger partial charge in [-0.15, -0.1) is 11.8 Å². The molecule has 0 aliphatic carbocycles. The zero-order valence-electron chi connectivity index (χ0n) is 11.9. The molecule has 0 saturated carbocycles. The molecule has 0 spiro atoms. The summed E-state index contributed by atoms with van der Waals surface area (Å²) in [5, 5.41) is 12.5. The molecule has 0 saturated heterocycles. The highest BCUT2D eigenvalue weighted by Gasteiger charge is 2.28. The second-order valence-corrected chi connectivity index (χ2v) is 7.43.